The van der Waals surface area contributed by atoms with E-state index in [0.717, 1.165) is 5.57 Å². The van der Waals surface area contributed by atoms with Gasteiger partial charge in [-0.15, -0.1) is 0 Å². The Balaban J connectivity index is 2.23. The van der Waals surface area contributed by atoms with Gasteiger partial charge in [0.2, 0.25) is 0 Å². The molecule has 0 radical (unpaired) electrons. The van der Waals surface area contributed by atoms with Gasteiger partial charge in [0.25, 0.3) is 5.69 Å². The Kier molecular flexibility index (Phi) is 5.18. The Morgan fingerprint density at radius 2 is 2.04 bits per heavy atom. The summed E-state index contributed by atoms with van der Waals surface area (Å²) in [5, 5.41) is 11.8. The molecule has 1 aliphatic heterocycles. The van der Waals surface area contributed by atoms with Gasteiger partial charge in [0.05, 0.1) is 10.5 Å². The molecule has 0 bridgehead atoms. The van der Waals surface area contributed by atoms with Crippen molar-refractivity contribution in [1.82, 2.24) is 4.90 Å². The van der Waals surface area contributed by atoms with Crippen molar-refractivity contribution in [3.05, 3.63) is 44.5 Å². The van der Waals surface area contributed by atoms with Gasteiger partial charge in [-0.3, -0.25) is 10.1 Å². The number of amides is 1. The second kappa shape index (κ2) is 6.81. The van der Waals surface area contributed by atoms with Crippen LogP contribution >= 0.6 is 11.6 Å². The molecule has 0 saturated carbocycles. The van der Waals surface area contributed by atoms with Gasteiger partial charge in [0.1, 0.15) is 5.60 Å². The van der Waals surface area contributed by atoms with Crippen molar-refractivity contribution in [2.75, 3.05) is 13.1 Å². The van der Waals surface area contributed by atoms with Crippen LogP contribution in [0.4, 0.5) is 10.5 Å². The molecule has 1 heterocycles. The van der Waals surface area contributed by atoms with Crippen LogP contribution in [0.15, 0.2) is 18.2 Å². The minimum Gasteiger partial charge on any atom is -0.444 e. The number of nitro benzene ring substituents is 1. The molecule has 1 amide bonds. The Hall–Kier alpha value is -2.08. The van der Waals surface area contributed by atoms with E-state index in [2.05, 4.69) is 0 Å². The Morgan fingerprint density at radius 1 is 1.38 bits per heavy atom. The lowest BCUT2D eigenvalue weighted by molar-refractivity contribution is -0.385. The predicted molar refractivity (Wildman–Crippen MR) is 93.2 cm³/mol. The lowest BCUT2D eigenvalue weighted by Gasteiger charge is -2.29. The molecule has 1 aliphatic rings. The molecule has 0 atom stereocenters. The minimum atomic E-state index is -0.551. The van der Waals surface area contributed by atoms with Crippen LogP contribution in [0.5, 0.6) is 0 Å². The number of benzene rings is 1. The topological polar surface area (TPSA) is 72.7 Å². The maximum absolute atomic E-state index is 12.1. The molecule has 0 spiro atoms. The van der Waals surface area contributed by atoms with Crippen molar-refractivity contribution < 1.29 is 14.5 Å². The van der Waals surface area contributed by atoms with E-state index in [9.17, 15) is 14.9 Å². The minimum absolute atomic E-state index is 0.0360. The molecule has 7 heteroatoms. The van der Waals surface area contributed by atoms with E-state index in [-0.39, 0.29) is 11.8 Å². The first-order valence-electron chi connectivity index (χ1n) is 7.70. The van der Waals surface area contributed by atoms with Gasteiger partial charge in [-0.2, -0.15) is 0 Å². The second-order valence-corrected chi connectivity index (χ2v) is 7.19. The third-order valence-corrected chi connectivity index (χ3v) is 4.09. The highest BCUT2D eigenvalue weighted by Gasteiger charge is 2.26. The number of hydrogen-bond donors (Lipinski definition) is 0. The molecule has 0 saturated heterocycles. The number of nitro groups is 1. The van der Waals surface area contributed by atoms with Crippen molar-refractivity contribution in [3.63, 3.8) is 0 Å². The third-order valence-electron chi connectivity index (χ3n) is 3.68. The number of nitrogens with zero attached hydrogens (tertiary/aromatic N) is 2. The summed E-state index contributed by atoms with van der Waals surface area (Å²) < 4.78 is 5.34. The van der Waals surface area contributed by atoms with Crippen molar-refractivity contribution >= 4 is 29.0 Å². The molecule has 2 rings (SSSR count). The Bertz CT molecular complexity index is 707. The van der Waals surface area contributed by atoms with Gasteiger partial charge in [0.15, 0.2) is 0 Å². The average molecular weight is 353 g/mol. The zero-order chi connectivity index (χ0) is 18.1. The van der Waals surface area contributed by atoms with E-state index < -0.39 is 10.5 Å². The van der Waals surface area contributed by atoms with E-state index in [1.54, 1.807) is 17.9 Å². The summed E-state index contributed by atoms with van der Waals surface area (Å²) >= 11 is 6.13. The molecule has 0 aliphatic carbocycles. The summed E-state index contributed by atoms with van der Waals surface area (Å²) in [6, 6.07) is 3.11. The van der Waals surface area contributed by atoms with Gasteiger partial charge in [0, 0.05) is 24.2 Å². The normalized spacial score (nSPS) is 15.0. The average Bonchev–Trinajstić information content (AvgIpc) is 2.48. The maximum atomic E-state index is 12.1. The van der Waals surface area contributed by atoms with Gasteiger partial charge >= 0.3 is 6.09 Å². The summed E-state index contributed by atoms with van der Waals surface area (Å²) in [5.41, 5.74) is 1.49. The first-order valence-corrected chi connectivity index (χ1v) is 8.08. The lowest BCUT2D eigenvalue weighted by atomic mass is 9.97. The number of rotatable bonds is 2. The molecule has 0 unspecified atom stereocenters. The molecule has 1 aromatic rings. The molecule has 24 heavy (non-hydrogen) atoms. The van der Waals surface area contributed by atoms with Gasteiger partial charge in [-0.25, -0.2) is 4.79 Å². The summed E-state index contributed by atoms with van der Waals surface area (Å²) in [6.45, 7) is 7.98. The lowest BCUT2D eigenvalue weighted by Crippen LogP contribution is -2.39. The Morgan fingerprint density at radius 3 is 2.54 bits per heavy atom. The van der Waals surface area contributed by atoms with E-state index in [0.29, 0.717) is 35.7 Å². The highest BCUT2D eigenvalue weighted by molar-refractivity contribution is 6.31. The van der Waals surface area contributed by atoms with Crippen molar-refractivity contribution in [3.8, 4) is 0 Å². The van der Waals surface area contributed by atoms with Crippen LogP contribution in [-0.4, -0.2) is 34.6 Å². The van der Waals surface area contributed by atoms with E-state index in [1.165, 1.54) is 6.07 Å². The first kappa shape index (κ1) is 18.3. The fraction of sp³-hybridized carbons (Fsp3) is 0.471. The molecular weight excluding hydrogens is 332 g/mol. The van der Waals surface area contributed by atoms with E-state index >= 15 is 0 Å². The second-order valence-electron chi connectivity index (χ2n) is 6.78. The maximum Gasteiger partial charge on any atom is 0.410 e. The van der Waals surface area contributed by atoms with Crippen LogP contribution in [0, 0.1) is 17.0 Å². The quantitative estimate of drug-likeness (QED) is 0.576. The smallest absolute Gasteiger partial charge is 0.410 e. The third kappa shape index (κ3) is 4.26. The van der Waals surface area contributed by atoms with Crippen LogP contribution in [0.1, 0.15) is 38.3 Å². The summed E-state index contributed by atoms with van der Waals surface area (Å²) in [4.78, 5) is 24.6. The zero-order valence-electron chi connectivity index (χ0n) is 14.3. The molecule has 1 aromatic carbocycles. The number of carbonyl (C=O) groups excluding carboxylic acids is 1. The SMILES string of the molecule is Cc1cc([N+](=O)[O-])c(C2=CCN(C(=O)OC(C)(C)C)CC2)cc1Cl. The van der Waals surface area contributed by atoms with Crippen LogP contribution in [0.2, 0.25) is 5.02 Å². The van der Waals surface area contributed by atoms with Crippen molar-refractivity contribution in [2.45, 2.75) is 39.7 Å². The molecule has 0 fully saturated rings. The standard InChI is InChI=1S/C17H21ClN2O4/c1-11-9-15(20(22)23)13(10-14(11)18)12-5-7-19(8-6-12)16(21)24-17(2,3)4/h5,9-10H,6-8H2,1-4H3. The fourth-order valence-corrected chi connectivity index (χ4v) is 2.64. The summed E-state index contributed by atoms with van der Waals surface area (Å²) in [6.07, 6.45) is 1.95. The first-order chi connectivity index (χ1) is 11.1. The highest BCUT2D eigenvalue weighted by Crippen LogP contribution is 2.34. The van der Waals surface area contributed by atoms with Gasteiger partial charge in [-0.05, 0) is 51.3 Å². The fourth-order valence-electron chi connectivity index (χ4n) is 2.48. The zero-order valence-corrected chi connectivity index (χ0v) is 15.0. The molecule has 6 nitrogen and oxygen atoms in total. The van der Waals surface area contributed by atoms with Crippen LogP contribution in [0.3, 0.4) is 0 Å². The highest BCUT2D eigenvalue weighted by atomic mass is 35.5. The number of ether oxygens (including phenoxy) is 1. The van der Waals surface area contributed by atoms with E-state index in [4.69, 9.17) is 16.3 Å². The number of halogens is 1. The molecule has 0 N–H and O–H groups in total. The molecule has 0 aromatic heterocycles. The summed E-state index contributed by atoms with van der Waals surface area (Å²) in [5.74, 6) is 0. The monoisotopic (exact) mass is 352 g/mol. The van der Waals surface area contributed by atoms with Gasteiger partial charge < -0.3 is 9.64 Å². The van der Waals surface area contributed by atoms with Crippen LogP contribution < -0.4 is 0 Å². The number of hydrogen-bond acceptors (Lipinski definition) is 4. The van der Waals surface area contributed by atoms with Gasteiger partial charge in [-0.1, -0.05) is 17.7 Å². The molecular formula is C17H21ClN2O4. The van der Waals surface area contributed by atoms with Crippen molar-refractivity contribution in [1.29, 1.82) is 0 Å². The molecule has 130 valence electrons. The largest absolute Gasteiger partial charge is 0.444 e. The number of carbonyl (C=O) groups is 1. The van der Waals surface area contributed by atoms with Crippen LogP contribution in [-0.2, 0) is 4.74 Å². The van der Waals surface area contributed by atoms with E-state index in [1.807, 2.05) is 26.8 Å². The number of aryl methyl sites for hydroxylation is 1. The van der Waals surface area contributed by atoms with Crippen LogP contribution in [0.25, 0.3) is 5.57 Å². The predicted octanol–water partition coefficient (Wildman–Crippen LogP) is 4.58. The summed E-state index contributed by atoms with van der Waals surface area (Å²) in [7, 11) is 0. The van der Waals surface area contributed by atoms with Crippen molar-refractivity contribution in [2.24, 2.45) is 0 Å². The Labute approximate surface area is 146 Å².